The van der Waals surface area contributed by atoms with Gasteiger partial charge in [0.05, 0.1) is 14.2 Å². The number of carbonyl (C=O) groups is 1. The van der Waals surface area contributed by atoms with E-state index < -0.39 is 10.0 Å². The Hall–Kier alpha value is -1.80. The van der Waals surface area contributed by atoms with Crippen molar-refractivity contribution in [1.29, 1.82) is 0 Å². The van der Waals surface area contributed by atoms with Crippen LogP contribution in [0.3, 0.4) is 0 Å². The van der Waals surface area contributed by atoms with Crippen molar-refractivity contribution in [2.24, 2.45) is 0 Å². The molecule has 0 aliphatic heterocycles. The van der Waals surface area contributed by atoms with E-state index in [9.17, 15) is 13.2 Å². The Balaban J connectivity index is 2.89. The van der Waals surface area contributed by atoms with Gasteiger partial charge < -0.3 is 14.4 Å². The average molecular weight is 344 g/mol. The van der Waals surface area contributed by atoms with E-state index >= 15 is 0 Å². The van der Waals surface area contributed by atoms with E-state index in [-0.39, 0.29) is 29.1 Å². The number of amides is 1. The molecule has 1 amide bonds. The molecule has 1 rings (SSSR count). The van der Waals surface area contributed by atoms with Crippen LogP contribution < -0.4 is 14.2 Å². The van der Waals surface area contributed by atoms with E-state index in [1.54, 1.807) is 11.0 Å². The van der Waals surface area contributed by atoms with Gasteiger partial charge in [0.25, 0.3) is 0 Å². The number of rotatable bonds is 8. The van der Waals surface area contributed by atoms with Crippen molar-refractivity contribution in [2.45, 2.75) is 31.7 Å². The Morgan fingerprint density at radius 2 is 1.91 bits per heavy atom. The van der Waals surface area contributed by atoms with Crippen molar-refractivity contribution in [2.75, 3.05) is 27.3 Å². The van der Waals surface area contributed by atoms with Crippen LogP contribution in [0.25, 0.3) is 0 Å². The molecular formula is C15H24N2O5S. The Labute approximate surface area is 137 Å². The van der Waals surface area contributed by atoms with Crippen LogP contribution >= 0.6 is 0 Å². The molecule has 0 fully saturated rings. The molecule has 0 radical (unpaired) electrons. The summed E-state index contributed by atoms with van der Waals surface area (Å²) in [5.41, 5.74) is 0. The van der Waals surface area contributed by atoms with Gasteiger partial charge in [-0.15, -0.1) is 0 Å². The van der Waals surface area contributed by atoms with Crippen LogP contribution in [-0.2, 0) is 14.8 Å². The molecule has 23 heavy (non-hydrogen) atoms. The number of sulfonamides is 1. The van der Waals surface area contributed by atoms with Gasteiger partial charge >= 0.3 is 0 Å². The molecule has 0 bridgehead atoms. The fourth-order valence-electron chi connectivity index (χ4n) is 2.15. The summed E-state index contributed by atoms with van der Waals surface area (Å²) in [4.78, 5) is 13.1. The molecule has 0 saturated heterocycles. The van der Waals surface area contributed by atoms with E-state index in [1.807, 2.05) is 13.8 Å². The smallest absolute Gasteiger partial charge is 0.244 e. The molecule has 0 unspecified atom stereocenters. The summed E-state index contributed by atoms with van der Waals surface area (Å²) in [7, 11) is -0.918. The SMILES string of the molecule is COc1ccc(OC)c(S(=O)(=O)NCCN(C(C)=O)C(C)C)c1. The lowest BCUT2D eigenvalue weighted by molar-refractivity contribution is -0.130. The van der Waals surface area contributed by atoms with Gasteiger partial charge in [-0.05, 0) is 26.0 Å². The number of methoxy groups -OCH3 is 2. The molecule has 0 heterocycles. The van der Waals surface area contributed by atoms with Crippen molar-refractivity contribution in [3.63, 3.8) is 0 Å². The summed E-state index contributed by atoms with van der Waals surface area (Å²) in [6, 6.07) is 4.55. The van der Waals surface area contributed by atoms with E-state index in [4.69, 9.17) is 9.47 Å². The first-order chi connectivity index (χ1) is 10.7. The van der Waals surface area contributed by atoms with E-state index in [0.717, 1.165) is 0 Å². The van der Waals surface area contributed by atoms with Gasteiger partial charge in [0.1, 0.15) is 16.4 Å². The standard InChI is InChI=1S/C15H24N2O5S/c1-11(2)17(12(3)18)9-8-16-23(19,20)15-10-13(21-4)6-7-14(15)22-5/h6-7,10-11,16H,8-9H2,1-5H3. The lowest BCUT2D eigenvalue weighted by atomic mass is 10.3. The van der Waals surface area contributed by atoms with Crippen LogP contribution in [0.4, 0.5) is 0 Å². The van der Waals surface area contributed by atoms with Gasteiger partial charge in [-0.1, -0.05) is 0 Å². The topological polar surface area (TPSA) is 84.9 Å². The summed E-state index contributed by atoms with van der Waals surface area (Å²) in [6.07, 6.45) is 0. The molecule has 1 N–H and O–H groups in total. The highest BCUT2D eigenvalue weighted by Gasteiger charge is 2.21. The van der Waals surface area contributed by atoms with Crippen LogP contribution in [-0.4, -0.2) is 52.6 Å². The van der Waals surface area contributed by atoms with Gasteiger partial charge in [-0.25, -0.2) is 13.1 Å². The third kappa shape index (κ3) is 5.11. The largest absolute Gasteiger partial charge is 0.497 e. The number of nitrogens with one attached hydrogen (secondary N) is 1. The number of ether oxygens (including phenoxy) is 2. The summed E-state index contributed by atoms with van der Waals surface area (Å²) < 4.78 is 37.5. The van der Waals surface area contributed by atoms with E-state index in [2.05, 4.69) is 4.72 Å². The maximum atomic E-state index is 12.5. The van der Waals surface area contributed by atoms with Crippen LogP contribution in [0.2, 0.25) is 0 Å². The molecule has 130 valence electrons. The quantitative estimate of drug-likeness (QED) is 0.767. The zero-order valence-corrected chi connectivity index (χ0v) is 14.9. The monoisotopic (exact) mass is 344 g/mol. The van der Waals surface area contributed by atoms with E-state index in [0.29, 0.717) is 12.3 Å². The minimum absolute atomic E-state index is 0.00160. The number of hydrogen-bond donors (Lipinski definition) is 1. The molecule has 1 aromatic rings. The Morgan fingerprint density at radius 1 is 1.26 bits per heavy atom. The van der Waals surface area contributed by atoms with Gasteiger partial charge in [-0.3, -0.25) is 4.79 Å². The number of nitrogens with zero attached hydrogens (tertiary/aromatic N) is 1. The average Bonchev–Trinajstić information content (AvgIpc) is 2.50. The van der Waals surface area contributed by atoms with Crippen LogP contribution in [0.15, 0.2) is 23.1 Å². The molecule has 0 aliphatic rings. The summed E-state index contributed by atoms with van der Waals surface area (Å²) in [6.45, 7) is 5.61. The first kappa shape index (κ1) is 19.2. The lowest BCUT2D eigenvalue weighted by Crippen LogP contribution is -2.41. The van der Waals surface area contributed by atoms with Crippen molar-refractivity contribution in [3.8, 4) is 11.5 Å². The van der Waals surface area contributed by atoms with Crippen molar-refractivity contribution >= 4 is 15.9 Å². The number of hydrogen-bond acceptors (Lipinski definition) is 5. The van der Waals surface area contributed by atoms with Crippen molar-refractivity contribution in [1.82, 2.24) is 9.62 Å². The predicted octanol–water partition coefficient (Wildman–Crippen LogP) is 1.24. The molecule has 0 spiro atoms. The van der Waals surface area contributed by atoms with Crippen LogP contribution in [0, 0.1) is 0 Å². The highest BCUT2D eigenvalue weighted by molar-refractivity contribution is 7.89. The zero-order chi connectivity index (χ0) is 17.6. The van der Waals surface area contributed by atoms with E-state index in [1.165, 1.54) is 33.3 Å². The molecule has 0 aromatic heterocycles. The summed E-state index contributed by atoms with van der Waals surface area (Å²) >= 11 is 0. The molecular weight excluding hydrogens is 320 g/mol. The Kier molecular flexibility index (Phi) is 6.83. The molecule has 1 aromatic carbocycles. The number of benzene rings is 1. The Morgan fingerprint density at radius 3 is 2.39 bits per heavy atom. The minimum Gasteiger partial charge on any atom is -0.497 e. The van der Waals surface area contributed by atoms with Crippen LogP contribution in [0.1, 0.15) is 20.8 Å². The summed E-state index contributed by atoms with van der Waals surface area (Å²) in [5, 5.41) is 0. The third-order valence-corrected chi connectivity index (χ3v) is 4.82. The summed E-state index contributed by atoms with van der Waals surface area (Å²) in [5.74, 6) is 0.544. The normalized spacial score (nSPS) is 11.4. The first-order valence-corrected chi connectivity index (χ1v) is 8.70. The predicted molar refractivity (Wildman–Crippen MR) is 87.3 cm³/mol. The second-order valence-electron chi connectivity index (χ2n) is 5.22. The molecule has 0 aliphatic carbocycles. The fraction of sp³-hybridized carbons (Fsp3) is 0.533. The van der Waals surface area contributed by atoms with Gasteiger partial charge in [-0.2, -0.15) is 0 Å². The minimum atomic E-state index is -3.78. The van der Waals surface area contributed by atoms with Crippen molar-refractivity contribution < 1.29 is 22.7 Å². The van der Waals surface area contributed by atoms with Gasteiger partial charge in [0, 0.05) is 32.1 Å². The third-order valence-electron chi connectivity index (χ3n) is 3.33. The molecule has 0 saturated carbocycles. The number of carbonyl (C=O) groups excluding carboxylic acids is 1. The zero-order valence-electron chi connectivity index (χ0n) is 14.1. The van der Waals surface area contributed by atoms with Crippen molar-refractivity contribution in [3.05, 3.63) is 18.2 Å². The highest BCUT2D eigenvalue weighted by Crippen LogP contribution is 2.27. The van der Waals surface area contributed by atoms with Gasteiger partial charge in [0.15, 0.2) is 0 Å². The molecule has 7 nitrogen and oxygen atoms in total. The van der Waals surface area contributed by atoms with Gasteiger partial charge in [0.2, 0.25) is 15.9 Å². The second kappa shape index (κ2) is 8.16. The van der Waals surface area contributed by atoms with Crippen LogP contribution in [0.5, 0.6) is 11.5 Å². The second-order valence-corrected chi connectivity index (χ2v) is 6.96. The fourth-order valence-corrected chi connectivity index (χ4v) is 3.35. The lowest BCUT2D eigenvalue weighted by Gasteiger charge is -2.25. The first-order valence-electron chi connectivity index (χ1n) is 7.21. The maximum Gasteiger partial charge on any atom is 0.244 e. The maximum absolute atomic E-state index is 12.5. The Bertz CT molecular complexity index is 643. The molecule has 0 atom stereocenters. The molecule has 8 heteroatoms. The highest BCUT2D eigenvalue weighted by atomic mass is 32.2.